The van der Waals surface area contributed by atoms with Crippen molar-refractivity contribution < 1.29 is 9.53 Å². The number of pyridine rings is 1. The SMILES string of the molecule is COc1cccc(CNC(=O)Cn2cnc3nc4c(cc3c2=O)CCCC4)c1. The first-order chi connectivity index (χ1) is 13.6. The Bertz CT molecular complexity index is 1090. The minimum absolute atomic E-state index is 0.0805. The molecular weight excluding hydrogens is 356 g/mol. The zero-order valence-electron chi connectivity index (χ0n) is 15.8. The molecule has 0 radical (unpaired) electrons. The highest BCUT2D eigenvalue weighted by atomic mass is 16.5. The number of hydrogen-bond donors (Lipinski definition) is 1. The van der Waals surface area contributed by atoms with E-state index in [4.69, 9.17) is 4.74 Å². The Hall–Kier alpha value is -3.22. The van der Waals surface area contributed by atoms with Crippen LogP contribution in [-0.2, 0) is 30.7 Å². The molecule has 0 bridgehead atoms. The van der Waals surface area contributed by atoms with Gasteiger partial charge < -0.3 is 10.1 Å². The third-order valence-corrected chi connectivity index (χ3v) is 5.03. The topological polar surface area (TPSA) is 86.1 Å². The van der Waals surface area contributed by atoms with E-state index in [2.05, 4.69) is 15.3 Å². The molecule has 0 saturated carbocycles. The van der Waals surface area contributed by atoms with E-state index >= 15 is 0 Å². The van der Waals surface area contributed by atoms with Crippen molar-refractivity contribution >= 4 is 16.9 Å². The van der Waals surface area contributed by atoms with Crippen molar-refractivity contribution in [1.29, 1.82) is 0 Å². The number of aromatic nitrogens is 3. The molecule has 0 aliphatic heterocycles. The predicted octanol–water partition coefficient (Wildman–Crippen LogP) is 2.00. The average molecular weight is 378 g/mol. The van der Waals surface area contributed by atoms with E-state index in [0.29, 0.717) is 17.6 Å². The van der Waals surface area contributed by atoms with Crippen molar-refractivity contribution in [3.63, 3.8) is 0 Å². The van der Waals surface area contributed by atoms with Crippen molar-refractivity contribution in [2.45, 2.75) is 38.8 Å². The molecule has 1 amide bonds. The molecule has 0 saturated heterocycles. The van der Waals surface area contributed by atoms with Crippen LogP contribution in [0.4, 0.5) is 0 Å². The van der Waals surface area contributed by atoms with Gasteiger partial charge in [0.2, 0.25) is 5.91 Å². The fraction of sp³-hybridized carbons (Fsp3) is 0.333. The normalized spacial score (nSPS) is 13.2. The number of nitrogens with zero attached hydrogens (tertiary/aromatic N) is 3. The number of fused-ring (bicyclic) bond motifs is 2. The Morgan fingerprint density at radius 3 is 2.96 bits per heavy atom. The molecule has 7 heteroatoms. The Labute approximate surface area is 162 Å². The quantitative estimate of drug-likeness (QED) is 0.734. The van der Waals surface area contributed by atoms with E-state index in [1.54, 1.807) is 7.11 Å². The van der Waals surface area contributed by atoms with E-state index < -0.39 is 0 Å². The van der Waals surface area contributed by atoms with E-state index in [1.165, 1.54) is 10.9 Å². The second-order valence-electron chi connectivity index (χ2n) is 6.98. The summed E-state index contributed by atoms with van der Waals surface area (Å²) in [6.07, 6.45) is 5.51. The first-order valence-electron chi connectivity index (χ1n) is 9.41. The first-order valence-corrected chi connectivity index (χ1v) is 9.41. The second kappa shape index (κ2) is 7.80. The lowest BCUT2D eigenvalue weighted by atomic mass is 9.95. The minimum Gasteiger partial charge on any atom is -0.497 e. The van der Waals surface area contributed by atoms with E-state index in [1.807, 2.05) is 30.3 Å². The van der Waals surface area contributed by atoms with Gasteiger partial charge in [-0.15, -0.1) is 0 Å². The number of amides is 1. The van der Waals surface area contributed by atoms with Gasteiger partial charge in [0.15, 0.2) is 5.65 Å². The summed E-state index contributed by atoms with van der Waals surface area (Å²) in [6, 6.07) is 9.38. The summed E-state index contributed by atoms with van der Waals surface area (Å²) in [5, 5.41) is 3.30. The monoisotopic (exact) mass is 378 g/mol. The zero-order chi connectivity index (χ0) is 19.5. The molecule has 1 aromatic carbocycles. The van der Waals surface area contributed by atoms with Crippen LogP contribution in [0, 0.1) is 0 Å². The molecule has 3 aromatic rings. The maximum atomic E-state index is 12.8. The van der Waals surface area contributed by atoms with Crippen molar-refractivity contribution in [2.75, 3.05) is 7.11 Å². The number of rotatable bonds is 5. The van der Waals surface area contributed by atoms with Gasteiger partial charge in [0.25, 0.3) is 5.56 Å². The van der Waals surface area contributed by atoms with Crippen molar-refractivity contribution in [2.24, 2.45) is 0 Å². The van der Waals surface area contributed by atoms with Gasteiger partial charge in [0.05, 0.1) is 12.5 Å². The third-order valence-electron chi connectivity index (χ3n) is 5.03. The molecule has 0 unspecified atom stereocenters. The summed E-state index contributed by atoms with van der Waals surface area (Å²) >= 11 is 0. The number of ether oxygens (including phenoxy) is 1. The highest BCUT2D eigenvalue weighted by molar-refractivity contribution is 5.77. The van der Waals surface area contributed by atoms with Crippen LogP contribution in [0.3, 0.4) is 0 Å². The third kappa shape index (κ3) is 3.74. The Morgan fingerprint density at radius 2 is 2.11 bits per heavy atom. The van der Waals surface area contributed by atoms with E-state index in [9.17, 15) is 9.59 Å². The largest absolute Gasteiger partial charge is 0.497 e. The van der Waals surface area contributed by atoms with Gasteiger partial charge in [0, 0.05) is 12.2 Å². The fourth-order valence-electron chi connectivity index (χ4n) is 3.52. The molecule has 1 aliphatic carbocycles. The molecule has 2 aromatic heterocycles. The summed E-state index contributed by atoms with van der Waals surface area (Å²) < 4.78 is 6.51. The molecule has 28 heavy (non-hydrogen) atoms. The number of benzene rings is 1. The molecule has 0 spiro atoms. The van der Waals surface area contributed by atoms with Crippen LogP contribution in [-0.4, -0.2) is 27.6 Å². The summed E-state index contributed by atoms with van der Waals surface area (Å²) in [5.41, 5.74) is 3.31. The fourth-order valence-corrected chi connectivity index (χ4v) is 3.52. The lowest BCUT2D eigenvalue weighted by molar-refractivity contribution is -0.121. The van der Waals surface area contributed by atoms with Crippen LogP contribution in [0.25, 0.3) is 11.0 Å². The highest BCUT2D eigenvalue weighted by Gasteiger charge is 2.15. The standard InChI is InChI=1S/C21H22N4O3/c1-28-16-7-4-5-14(9-16)11-22-19(26)12-25-13-23-20-17(21(25)27)10-15-6-2-3-8-18(15)24-20/h4-5,7,9-10,13H,2-3,6,8,11-12H2,1H3,(H,22,26). The van der Waals surface area contributed by atoms with Crippen molar-refractivity contribution in [1.82, 2.24) is 19.9 Å². The molecule has 144 valence electrons. The summed E-state index contributed by atoms with van der Waals surface area (Å²) in [6.45, 7) is 0.281. The van der Waals surface area contributed by atoms with E-state index in [-0.39, 0.29) is 18.0 Å². The van der Waals surface area contributed by atoms with Crippen LogP contribution >= 0.6 is 0 Å². The van der Waals surface area contributed by atoms with Crippen LogP contribution in [0.2, 0.25) is 0 Å². The average Bonchev–Trinajstić information content (AvgIpc) is 2.73. The second-order valence-corrected chi connectivity index (χ2v) is 6.98. The highest BCUT2D eigenvalue weighted by Crippen LogP contribution is 2.21. The molecule has 0 atom stereocenters. The van der Waals surface area contributed by atoms with Crippen molar-refractivity contribution in [3.8, 4) is 5.75 Å². The number of aryl methyl sites for hydroxylation is 2. The number of methoxy groups -OCH3 is 1. The molecule has 4 rings (SSSR count). The first kappa shape index (κ1) is 18.2. The van der Waals surface area contributed by atoms with Crippen molar-refractivity contribution in [3.05, 3.63) is 63.8 Å². The lowest BCUT2D eigenvalue weighted by Crippen LogP contribution is -2.32. The minimum atomic E-state index is -0.253. The van der Waals surface area contributed by atoms with Gasteiger partial charge >= 0.3 is 0 Å². The maximum absolute atomic E-state index is 12.8. The zero-order valence-corrected chi connectivity index (χ0v) is 15.8. The number of hydrogen-bond acceptors (Lipinski definition) is 5. The Morgan fingerprint density at radius 1 is 1.25 bits per heavy atom. The molecule has 0 fully saturated rings. The molecule has 1 aliphatic rings. The van der Waals surface area contributed by atoms with Crippen LogP contribution < -0.4 is 15.6 Å². The molecule has 7 nitrogen and oxygen atoms in total. The molecular formula is C21H22N4O3. The molecule has 1 N–H and O–H groups in total. The summed E-state index contributed by atoms with van der Waals surface area (Å²) in [7, 11) is 1.60. The smallest absolute Gasteiger partial charge is 0.263 e. The van der Waals surface area contributed by atoms with Crippen LogP contribution in [0.15, 0.2) is 41.5 Å². The number of nitrogens with one attached hydrogen (secondary N) is 1. The van der Waals surface area contributed by atoms with Gasteiger partial charge in [-0.25, -0.2) is 9.97 Å². The number of carbonyl (C=O) groups is 1. The lowest BCUT2D eigenvalue weighted by Gasteiger charge is -2.15. The van der Waals surface area contributed by atoms with E-state index in [0.717, 1.165) is 48.3 Å². The van der Waals surface area contributed by atoms with Gasteiger partial charge in [-0.2, -0.15) is 0 Å². The van der Waals surface area contributed by atoms with Gasteiger partial charge in [-0.1, -0.05) is 12.1 Å². The Balaban J connectivity index is 1.50. The molecule has 2 heterocycles. The van der Waals surface area contributed by atoms with Gasteiger partial charge in [-0.3, -0.25) is 14.2 Å². The number of carbonyl (C=O) groups excluding carboxylic acids is 1. The van der Waals surface area contributed by atoms with Crippen LogP contribution in [0.5, 0.6) is 5.75 Å². The predicted molar refractivity (Wildman–Crippen MR) is 105 cm³/mol. The maximum Gasteiger partial charge on any atom is 0.263 e. The summed E-state index contributed by atoms with van der Waals surface area (Å²) in [4.78, 5) is 34.0. The van der Waals surface area contributed by atoms with Gasteiger partial charge in [0.1, 0.15) is 18.6 Å². The van der Waals surface area contributed by atoms with Crippen LogP contribution in [0.1, 0.15) is 29.7 Å². The summed E-state index contributed by atoms with van der Waals surface area (Å²) in [5.74, 6) is 0.481. The van der Waals surface area contributed by atoms with Gasteiger partial charge in [-0.05, 0) is 55.0 Å². The Kier molecular flexibility index (Phi) is 5.06.